The number of aromatic nitrogens is 4. The summed E-state index contributed by atoms with van der Waals surface area (Å²) in [5.41, 5.74) is -0.562. The molecule has 2 aliphatic heterocycles. The van der Waals surface area contributed by atoms with Crippen LogP contribution >= 0.6 is 0 Å². The molecule has 0 fully saturated rings. The van der Waals surface area contributed by atoms with E-state index in [2.05, 4.69) is 15.5 Å². The van der Waals surface area contributed by atoms with Crippen molar-refractivity contribution in [1.82, 2.24) is 29.8 Å². The molecule has 4 aromatic rings. The zero-order valence-corrected chi connectivity index (χ0v) is 48.2. The normalized spacial score (nSPS) is 13.3. The number of nitrogens with one attached hydrogen (secondary N) is 1. The van der Waals surface area contributed by atoms with E-state index in [9.17, 15) is 63.5 Å². The number of hydrogen-bond donors (Lipinski definition) is 3. The first kappa shape index (κ1) is 68.9. The Bertz CT molecular complexity index is 2920. The molecular weight excluding hydrogens is 1140 g/mol. The topological polar surface area (TPSA) is 237 Å². The number of fused-ring (bicyclic) bond motifs is 2. The Hall–Kier alpha value is -7.59. The first-order valence-corrected chi connectivity index (χ1v) is 26.5. The highest BCUT2D eigenvalue weighted by Crippen LogP contribution is 2.36. The molecule has 2 aromatic carbocycles. The van der Waals surface area contributed by atoms with Crippen molar-refractivity contribution in [3.63, 3.8) is 0 Å². The number of carboxylic acid groups (broad SMARTS) is 2. The second-order valence-electron chi connectivity index (χ2n) is 22.3. The molecule has 4 heterocycles. The van der Waals surface area contributed by atoms with Gasteiger partial charge in [-0.2, -0.15) is 49.7 Å². The monoisotopic (exact) mass is 1210 g/mol. The lowest BCUT2D eigenvalue weighted by Gasteiger charge is -2.29. The van der Waals surface area contributed by atoms with E-state index in [1.165, 1.54) is 31.6 Å². The number of amides is 3. The molecule has 0 spiro atoms. The molecule has 0 bridgehead atoms. The van der Waals surface area contributed by atoms with Crippen LogP contribution in [0.2, 0.25) is 0 Å². The molecule has 84 heavy (non-hydrogen) atoms. The predicted molar refractivity (Wildman–Crippen MR) is 285 cm³/mol. The van der Waals surface area contributed by atoms with Crippen molar-refractivity contribution in [3.05, 3.63) is 82.4 Å². The lowest BCUT2D eigenvalue weighted by atomic mass is 10.1. The molecule has 0 atom stereocenters. The molecular formula is C55H71F9N8O12. The Morgan fingerprint density at radius 3 is 1.45 bits per heavy atom. The van der Waals surface area contributed by atoms with E-state index < -0.39 is 65.1 Å². The maximum atomic E-state index is 13.6. The zero-order valence-electron chi connectivity index (χ0n) is 48.2. The summed E-state index contributed by atoms with van der Waals surface area (Å²) in [4.78, 5) is 74.8. The van der Waals surface area contributed by atoms with Crippen molar-refractivity contribution < 1.29 is 97.4 Å². The van der Waals surface area contributed by atoms with Gasteiger partial charge in [-0.1, -0.05) is 27.7 Å². The molecule has 20 nitrogen and oxygen atoms in total. The predicted octanol–water partition coefficient (Wildman–Crippen LogP) is 9.72. The Kier molecular flexibility index (Phi) is 23.6. The number of aliphatic carboxylic acids is 2. The Morgan fingerprint density at radius 2 is 1.07 bits per heavy atom. The SMILES string of the molecule is CC(C)Cn1cc(COc2ccc3c(c2)CCN3C(=O)CN(CCC(=O)OC(C)(C)C)C(=O)OC(C)(C)C)c(C(F)(F)F)n1.CC(C)Cn1cc(COc2ccc3c(c2)CCN3C(=O)CNCCC(=O)O)c(C(F)(F)F)n1.O=C(O)C(F)(F)F. The summed E-state index contributed by atoms with van der Waals surface area (Å²) in [5.74, 6) is -3.73. The van der Waals surface area contributed by atoms with Crippen molar-refractivity contribution in [2.24, 2.45) is 11.8 Å². The zero-order chi connectivity index (χ0) is 63.3. The number of rotatable bonds is 20. The van der Waals surface area contributed by atoms with Crippen molar-refractivity contribution in [2.45, 2.75) is 151 Å². The highest BCUT2D eigenvalue weighted by Gasteiger charge is 2.40. The number of halogens is 9. The van der Waals surface area contributed by atoms with E-state index in [1.807, 2.05) is 27.7 Å². The smallest absolute Gasteiger partial charge is 0.489 e. The van der Waals surface area contributed by atoms with Gasteiger partial charge in [-0.05, 0) is 114 Å². The fourth-order valence-electron chi connectivity index (χ4n) is 8.24. The number of esters is 1. The van der Waals surface area contributed by atoms with Crippen molar-refractivity contribution >= 4 is 47.2 Å². The number of benzene rings is 2. The number of carbonyl (C=O) groups is 6. The minimum atomic E-state index is -5.08. The fraction of sp³-hybridized carbons (Fsp3) is 0.564. The van der Waals surface area contributed by atoms with Crippen LogP contribution in [0.15, 0.2) is 48.8 Å². The summed E-state index contributed by atoms with van der Waals surface area (Å²) in [7, 11) is 0. The summed E-state index contributed by atoms with van der Waals surface area (Å²) in [6.45, 7) is 18.7. The minimum Gasteiger partial charge on any atom is -0.489 e. The number of hydrogen-bond acceptors (Lipinski definition) is 13. The molecule has 0 radical (unpaired) electrons. The molecule has 6 rings (SSSR count). The molecule has 0 aliphatic carbocycles. The van der Waals surface area contributed by atoms with Gasteiger partial charge in [0.05, 0.1) is 19.4 Å². The van der Waals surface area contributed by atoms with Crippen molar-refractivity contribution in [1.29, 1.82) is 0 Å². The quantitative estimate of drug-likeness (QED) is 0.0424. The largest absolute Gasteiger partial charge is 0.490 e. The van der Waals surface area contributed by atoms with E-state index in [0.29, 0.717) is 61.9 Å². The van der Waals surface area contributed by atoms with E-state index in [1.54, 1.807) is 82.8 Å². The summed E-state index contributed by atoms with van der Waals surface area (Å²) in [6.07, 6.45) is -11.4. The van der Waals surface area contributed by atoms with Gasteiger partial charge in [0.25, 0.3) is 0 Å². The molecule has 29 heteroatoms. The van der Waals surface area contributed by atoms with Crippen LogP contribution in [-0.4, -0.2) is 127 Å². The molecule has 2 aromatic heterocycles. The van der Waals surface area contributed by atoms with Crippen LogP contribution in [0.3, 0.4) is 0 Å². The van der Waals surface area contributed by atoms with Crippen LogP contribution in [0, 0.1) is 11.8 Å². The van der Waals surface area contributed by atoms with Crippen LogP contribution < -0.4 is 24.6 Å². The number of ether oxygens (including phenoxy) is 4. The molecule has 0 unspecified atom stereocenters. The number of carbonyl (C=O) groups excluding carboxylic acids is 4. The van der Waals surface area contributed by atoms with E-state index in [0.717, 1.165) is 11.1 Å². The molecule has 3 N–H and O–H groups in total. The van der Waals surface area contributed by atoms with Gasteiger partial charge < -0.3 is 44.3 Å². The Labute approximate surface area is 479 Å². The first-order valence-electron chi connectivity index (χ1n) is 26.5. The molecule has 0 saturated heterocycles. The third-order valence-electron chi connectivity index (χ3n) is 11.6. The maximum Gasteiger partial charge on any atom is 0.490 e. The molecule has 466 valence electrons. The van der Waals surface area contributed by atoms with Crippen LogP contribution in [0.25, 0.3) is 0 Å². The molecule has 3 amide bonds. The number of carboxylic acids is 2. The number of nitrogens with zero attached hydrogens (tertiary/aromatic N) is 7. The number of alkyl halides is 9. The lowest BCUT2D eigenvalue weighted by molar-refractivity contribution is -0.192. The minimum absolute atomic E-state index is 0.0194. The van der Waals surface area contributed by atoms with Gasteiger partial charge in [-0.3, -0.25) is 33.4 Å². The van der Waals surface area contributed by atoms with Gasteiger partial charge in [-0.25, -0.2) is 9.59 Å². The van der Waals surface area contributed by atoms with Gasteiger partial charge in [0.15, 0.2) is 11.4 Å². The average Bonchev–Trinajstić information content (AvgIpc) is 3.07. The summed E-state index contributed by atoms with van der Waals surface area (Å²) in [6, 6.07) is 10.0. The van der Waals surface area contributed by atoms with Crippen LogP contribution in [-0.2, 0) is 84.9 Å². The van der Waals surface area contributed by atoms with E-state index in [-0.39, 0.29) is 87.0 Å². The maximum absolute atomic E-state index is 13.6. The van der Waals surface area contributed by atoms with E-state index in [4.69, 9.17) is 34.0 Å². The van der Waals surface area contributed by atoms with Crippen molar-refractivity contribution in [3.8, 4) is 11.5 Å². The second kappa shape index (κ2) is 28.8. The summed E-state index contributed by atoms with van der Waals surface area (Å²) in [5, 5.41) is 26.0. The fourth-order valence-corrected chi connectivity index (χ4v) is 8.24. The average molecular weight is 1210 g/mol. The highest BCUT2D eigenvalue weighted by atomic mass is 19.4. The highest BCUT2D eigenvalue weighted by molar-refractivity contribution is 5.98. The third kappa shape index (κ3) is 22.2. The van der Waals surface area contributed by atoms with Gasteiger partial charge in [0.2, 0.25) is 11.8 Å². The summed E-state index contributed by atoms with van der Waals surface area (Å²) >= 11 is 0. The summed E-state index contributed by atoms with van der Waals surface area (Å²) < 4.78 is 137. The Morgan fingerprint density at radius 1 is 0.643 bits per heavy atom. The van der Waals surface area contributed by atoms with Crippen molar-refractivity contribution in [2.75, 3.05) is 49.1 Å². The van der Waals surface area contributed by atoms with Gasteiger partial charge in [-0.15, -0.1) is 0 Å². The van der Waals surface area contributed by atoms with Crippen LogP contribution in [0.5, 0.6) is 11.5 Å². The van der Waals surface area contributed by atoms with Gasteiger partial charge in [0.1, 0.15) is 42.5 Å². The van der Waals surface area contributed by atoms with Crippen LogP contribution in [0.1, 0.15) is 116 Å². The lowest BCUT2D eigenvalue weighted by Crippen LogP contribution is -2.45. The second-order valence-corrected chi connectivity index (χ2v) is 22.3. The van der Waals surface area contributed by atoms with E-state index >= 15 is 0 Å². The number of anilines is 2. The Balaban J connectivity index is 0.000000333. The standard InChI is InChI=1S/C31H43F3N4O6.C22H27F3N4O4.C2HF3O2/c1-20(2)16-37-17-22(27(35-37)31(32,33)34)19-42-23-9-10-24-21(15-23)11-14-38(24)25(39)18-36(28(41)44-30(6,7)8)13-12-26(40)43-29(3,4)5;1-14(2)11-28-12-16(21(27-28)22(23,24)25)13-33-17-3-4-18-15(9-17)6-8-29(18)19(30)10-26-7-5-20(31)32;3-2(4,5)1(6)7/h9-10,15,17,20H,11-14,16,18-19H2,1-8H3;3-4,9,12,14,26H,5-8,10-11,13H2,1-2H3,(H,31,32);(H,6,7). The third-order valence-corrected chi connectivity index (χ3v) is 11.6. The molecule has 2 aliphatic rings. The molecule has 0 saturated carbocycles. The van der Waals surface area contributed by atoms with Gasteiger partial charge >= 0.3 is 42.5 Å². The van der Waals surface area contributed by atoms with Crippen LogP contribution in [0.4, 0.5) is 55.7 Å². The van der Waals surface area contributed by atoms with Gasteiger partial charge in [0, 0.05) is 74.2 Å². The first-order chi connectivity index (χ1) is 38.7.